The molecule has 1 nitrogen and oxygen atoms in total. The van der Waals surface area contributed by atoms with Gasteiger partial charge in [0, 0.05) is 34.5 Å². The standard InChI is InChI=1S/C12H15ClO.Mg/c1-12(14,10-4-5-10)8-9-2-6-11(13)7-3-9;/h2-3,6-7,10,14H,4-5,8H2,1H3;. The second-order valence-electron chi connectivity index (χ2n) is 4.43. The Bertz CT molecular complexity index is 317. The quantitative estimate of drug-likeness (QED) is 0.798. The highest BCUT2D eigenvalue weighted by Crippen LogP contribution is 2.41. The second kappa shape index (κ2) is 5.04. The number of rotatable bonds is 3. The van der Waals surface area contributed by atoms with Crippen molar-refractivity contribution in [1.82, 2.24) is 0 Å². The van der Waals surface area contributed by atoms with Crippen LogP contribution in [0.3, 0.4) is 0 Å². The van der Waals surface area contributed by atoms with Crippen molar-refractivity contribution in [3.63, 3.8) is 0 Å². The molecule has 0 aromatic heterocycles. The van der Waals surface area contributed by atoms with E-state index in [0.29, 0.717) is 5.92 Å². The van der Waals surface area contributed by atoms with E-state index in [1.807, 2.05) is 31.2 Å². The van der Waals surface area contributed by atoms with Gasteiger partial charge < -0.3 is 5.11 Å². The lowest BCUT2D eigenvalue weighted by atomic mass is 9.92. The van der Waals surface area contributed by atoms with Gasteiger partial charge in [-0.3, -0.25) is 0 Å². The van der Waals surface area contributed by atoms with Gasteiger partial charge in [0.15, 0.2) is 0 Å². The predicted octanol–water partition coefficient (Wildman–Crippen LogP) is 2.66. The van der Waals surface area contributed by atoms with E-state index in [-0.39, 0.29) is 23.1 Å². The van der Waals surface area contributed by atoms with E-state index in [1.165, 1.54) is 12.8 Å². The number of hydrogen-bond acceptors (Lipinski definition) is 1. The summed E-state index contributed by atoms with van der Waals surface area (Å²) in [6, 6.07) is 7.72. The summed E-state index contributed by atoms with van der Waals surface area (Å²) in [6.07, 6.45) is 3.07. The highest BCUT2D eigenvalue weighted by molar-refractivity contribution is 6.30. The maximum absolute atomic E-state index is 10.1. The number of aliphatic hydroxyl groups is 1. The van der Waals surface area contributed by atoms with Gasteiger partial charge in [-0.1, -0.05) is 23.7 Å². The molecule has 3 heteroatoms. The average molecular weight is 235 g/mol. The van der Waals surface area contributed by atoms with Crippen molar-refractivity contribution in [3.05, 3.63) is 34.9 Å². The SMILES string of the molecule is CC(O)(Cc1ccc(Cl)cc1)C1CC1.[Mg]. The molecule has 1 aliphatic carbocycles. The maximum atomic E-state index is 10.1. The fourth-order valence-corrected chi connectivity index (χ4v) is 1.99. The zero-order valence-electron chi connectivity index (χ0n) is 9.04. The van der Waals surface area contributed by atoms with E-state index in [2.05, 4.69) is 0 Å². The predicted molar refractivity (Wildman–Crippen MR) is 64.3 cm³/mol. The molecule has 0 spiro atoms. The smallest absolute Gasteiger partial charge is 0.0687 e. The summed E-state index contributed by atoms with van der Waals surface area (Å²) in [5.74, 6) is 0.498. The van der Waals surface area contributed by atoms with E-state index < -0.39 is 5.60 Å². The first-order valence-corrected chi connectivity index (χ1v) is 5.42. The van der Waals surface area contributed by atoms with Crippen LogP contribution in [0.1, 0.15) is 25.3 Å². The van der Waals surface area contributed by atoms with Crippen LogP contribution >= 0.6 is 11.6 Å². The highest BCUT2D eigenvalue weighted by Gasteiger charge is 2.39. The largest absolute Gasteiger partial charge is 0.390 e. The lowest BCUT2D eigenvalue weighted by molar-refractivity contribution is 0.0372. The van der Waals surface area contributed by atoms with Gasteiger partial charge in [0.05, 0.1) is 5.60 Å². The summed E-state index contributed by atoms with van der Waals surface area (Å²) in [4.78, 5) is 0. The molecule has 1 fully saturated rings. The van der Waals surface area contributed by atoms with Gasteiger partial charge in [0.1, 0.15) is 0 Å². The maximum Gasteiger partial charge on any atom is 0.0687 e. The molecule has 15 heavy (non-hydrogen) atoms. The van der Waals surface area contributed by atoms with Crippen LogP contribution in [-0.2, 0) is 6.42 Å². The summed E-state index contributed by atoms with van der Waals surface area (Å²) in [6.45, 7) is 1.93. The minimum atomic E-state index is -0.534. The van der Waals surface area contributed by atoms with Gasteiger partial charge in [-0.15, -0.1) is 0 Å². The third-order valence-electron chi connectivity index (χ3n) is 2.93. The Morgan fingerprint density at radius 1 is 1.33 bits per heavy atom. The Kier molecular flexibility index (Phi) is 4.47. The van der Waals surface area contributed by atoms with Gasteiger partial charge in [-0.05, 0) is 43.4 Å². The minimum absolute atomic E-state index is 0. The summed E-state index contributed by atoms with van der Waals surface area (Å²) in [5.41, 5.74) is 0.625. The Morgan fingerprint density at radius 2 is 1.87 bits per heavy atom. The molecule has 1 unspecified atom stereocenters. The van der Waals surface area contributed by atoms with E-state index in [1.54, 1.807) is 0 Å². The molecule has 1 atom stereocenters. The molecule has 2 rings (SSSR count). The monoisotopic (exact) mass is 234 g/mol. The molecule has 0 aliphatic heterocycles. The van der Waals surface area contributed by atoms with Gasteiger partial charge in [0.25, 0.3) is 0 Å². The van der Waals surface area contributed by atoms with Crippen molar-refractivity contribution >= 4 is 34.7 Å². The van der Waals surface area contributed by atoms with Crippen molar-refractivity contribution in [1.29, 1.82) is 0 Å². The van der Waals surface area contributed by atoms with Crippen molar-refractivity contribution < 1.29 is 5.11 Å². The zero-order chi connectivity index (χ0) is 10.2. The Morgan fingerprint density at radius 3 is 2.33 bits per heavy atom. The molecule has 2 radical (unpaired) electrons. The van der Waals surface area contributed by atoms with Gasteiger partial charge >= 0.3 is 0 Å². The van der Waals surface area contributed by atoms with Crippen LogP contribution in [0.25, 0.3) is 0 Å². The summed E-state index contributed by atoms with van der Waals surface area (Å²) < 4.78 is 0. The van der Waals surface area contributed by atoms with Gasteiger partial charge in [-0.2, -0.15) is 0 Å². The number of benzene rings is 1. The third-order valence-corrected chi connectivity index (χ3v) is 3.18. The van der Waals surface area contributed by atoms with Gasteiger partial charge in [-0.25, -0.2) is 0 Å². The van der Waals surface area contributed by atoms with Crippen molar-refractivity contribution in [2.75, 3.05) is 0 Å². The first-order chi connectivity index (χ1) is 6.58. The molecule has 0 bridgehead atoms. The molecular formula is C12H15ClMgO. The second-order valence-corrected chi connectivity index (χ2v) is 4.87. The molecule has 0 heterocycles. The highest BCUT2D eigenvalue weighted by atomic mass is 35.5. The normalized spacial score (nSPS) is 19.1. The van der Waals surface area contributed by atoms with Crippen LogP contribution in [0.4, 0.5) is 0 Å². The fraction of sp³-hybridized carbons (Fsp3) is 0.500. The molecule has 0 amide bonds. The zero-order valence-corrected chi connectivity index (χ0v) is 11.2. The van der Waals surface area contributed by atoms with Crippen LogP contribution in [0.2, 0.25) is 5.02 Å². The Balaban J connectivity index is 0.00000112. The molecule has 1 N–H and O–H groups in total. The van der Waals surface area contributed by atoms with Crippen LogP contribution in [-0.4, -0.2) is 33.8 Å². The van der Waals surface area contributed by atoms with Crippen LogP contribution in [0, 0.1) is 5.92 Å². The molecule has 1 aromatic carbocycles. The average Bonchev–Trinajstić information content (AvgIpc) is 2.91. The van der Waals surface area contributed by atoms with E-state index in [4.69, 9.17) is 11.6 Å². The number of hydrogen-bond donors (Lipinski definition) is 1. The molecular weight excluding hydrogens is 220 g/mol. The van der Waals surface area contributed by atoms with E-state index in [0.717, 1.165) is 17.0 Å². The summed E-state index contributed by atoms with van der Waals surface area (Å²) in [5, 5.41) is 10.9. The Labute approximate surface area is 112 Å². The first-order valence-electron chi connectivity index (χ1n) is 5.05. The topological polar surface area (TPSA) is 20.2 Å². The van der Waals surface area contributed by atoms with Crippen LogP contribution < -0.4 is 0 Å². The summed E-state index contributed by atoms with van der Waals surface area (Å²) in [7, 11) is 0. The minimum Gasteiger partial charge on any atom is -0.390 e. The lowest BCUT2D eigenvalue weighted by Gasteiger charge is -2.22. The van der Waals surface area contributed by atoms with Crippen molar-refractivity contribution in [3.8, 4) is 0 Å². The number of halogens is 1. The summed E-state index contributed by atoms with van der Waals surface area (Å²) >= 11 is 5.80. The fourth-order valence-electron chi connectivity index (χ4n) is 1.87. The third kappa shape index (κ3) is 3.63. The molecule has 1 saturated carbocycles. The Hall–Kier alpha value is 0.236. The molecule has 1 aromatic rings. The first kappa shape index (κ1) is 13.3. The van der Waals surface area contributed by atoms with E-state index in [9.17, 15) is 5.11 Å². The molecule has 0 saturated heterocycles. The molecule has 1 aliphatic rings. The van der Waals surface area contributed by atoms with Gasteiger partial charge in [0.2, 0.25) is 0 Å². The van der Waals surface area contributed by atoms with Crippen molar-refractivity contribution in [2.45, 2.75) is 31.8 Å². The van der Waals surface area contributed by atoms with Crippen LogP contribution in [0.5, 0.6) is 0 Å². The lowest BCUT2D eigenvalue weighted by Crippen LogP contribution is -2.29. The van der Waals surface area contributed by atoms with Crippen molar-refractivity contribution in [2.24, 2.45) is 5.92 Å². The molecule has 78 valence electrons. The van der Waals surface area contributed by atoms with Crippen LogP contribution in [0.15, 0.2) is 24.3 Å². The van der Waals surface area contributed by atoms with E-state index >= 15 is 0 Å².